The lowest BCUT2D eigenvalue weighted by molar-refractivity contribution is -0.129. The van der Waals surface area contributed by atoms with E-state index in [1.807, 2.05) is 0 Å². The SMILES string of the molecule is CC(C)(C)[Si](C)(C)OC[C@@]1(C)[C@H]2CC[C@]1(C)C(=O)C2. The van der Waals surface area contributed by atoms with E-state index in [0.717, 1.165) is 19.4 Å². The van der Waals surface area contributed by atoms with Gasteiger partial charge in [0.2, 0.25) is 0 Å². The monoisotopic (exact) mass is 282 g/mol. The van der Waals surface area contributed by atoms with E-state index < -0.39 is 8.32 Å². The molecule has 2 aliphatic rings. The standard InChI is InChI=1S/C16H30O2Si/c1-14(2,3)19(6,7)18-11-16(5)12-8-9-15(16,4)13(17)10-12/h12H,8-11H2,1-7H3/t12-,15+,16-/m0/s1. The summed E-state index contributed by atoms with van der Waals surface area (Å²) in [5.41, 5.74) is -0.0559. The molecule has 3 atom stereocenters. The van der Waals surface area contributed by atoms with Gasteiger partial charge in [-0.3, -0.25) is 4.79 Å². The predicted molar refractivity (Wildman–Crippen MR) is 81.7 cm³/mol. The lowest BCUT2D eigenvalue weighted by atomic mass is 9.69. The molecule has 19 heavy (non-hydrogen) atoms. The average Bonchev–Trinajstić information content (AvgIpc) is 2.60. The Hall–Kier alpha value is -0.153. The van der Waals surface area contributed by atoms with Gasteiger partial charge in [-0.1, -0.05) is 34.6 Å². The minimum absolute atomic E-state index is 0.0691. The van der Waals surface area contributed by atoms with Crippen molar-refractivity contribution in [2.75, 3.05) is 6.61 Å². The van der Waals surface area contributed by atoms with Crippen molar-refractivity contribution < 1.29 is 9.22 Å². The molecule has 0 aromatic heterocycles. The van der Waals surface area contributed by atoms with Crippen LogP contribution in [0.4, 0.5) is 0 Å². The Morgan fingerprint density at radius 1 is 1.32 bits per heavy atom. The van der Waals surface area contributed by atoms with Crippen LogP contribution >= 0.6 is 0 Å². The van der Waals surface area contributed by atoms with Gasteiger partial charge < -0.3 is 4.43 Å². The second kappa shape index (κ2) is 4.17. The van der Waals surface area contributed by atoms with Crippen molar-refractivity contribution in [1.29, 1.82) is 0 Å². The van der Waals surface area contributed by atoms with Crippen LogP contribution in [0.25, 0.3) is 0 Å². The van der Waals surface area contributed by atoms with Gasteiger partial charge in [0.25, 0.3) is 0 Å². The van der Waals surface area contributed by atoms with E-state index in [1.54, 1.807) is 0 Å². The highest BCUT2D eigenvalue weighted by atomic mass is 28.4. The molecule has 0 unspecified atom stereocenters. The van der Waals surface area contributed by atoms with Crippen molar-refractivity contribution in [3.63, 3.8) is 0 Å². The fourth-order valence-electron chi connectivity index (χ4n) is 3.58. The number of hydrogen-bond acceptors (Lipinski definition) is 2. The Bertz CT molecular complexity index is 396. The molecule has 2 fully saturated rings. The van der Waals surface area contributed by atoms with Gasteiger partial charge in [0.15, 0.2) is 8.32 Å². The molecule has 2 nitrogen and oxygen atoms in total. The van der Waals surface area contributed by atoms with Crippen LogP contribution in [0.3, 0.4) is 0 Å². The third-order valence-electron chi connectivity index (χ3n) is 6.74. The molecule has 2 bridgehead atoms. The van der Waals surface area contributed by atoms with Gasteiger partial charge in [0.05, 0.1) is 0 Å². The first-order valence-corrected chi connectivity index (χ1v) is 10.5. The topological polar surface area (TPSA) is 26.3 Å². The molecular weight excluding hydrogens is 252 g/mol. The Balaban J connectivity index is 2.15. The molecule has 0 spiro atoms. The number of Topliss-reactive ketones (excluding diaryl/α,β-unsaturated/α-hetero) is 1. The molecule has 0 amide bonds. The highest BCUT2D eigenvalue weighted by Crippen LogP contribution is 2.64. The van der Waals surface area contributed by atoms with Crippen LogP contribution in [0, 0.1) is 16.7 Å². The first-order chi connectivity index (χ1) is 8.44. The van der Waals surface area contributed by atoms with Crippen molar-refractivity contribution in [2.45, 2.75) is 72.0 Å². The maximum absolute atomic E-state index is 12.3. The van der Waals surface area contributed by atoms with Crippen molar-refractivity contribution in [1.82, 2.24) is 0 Å². The molecule has 0 aliphatic heterocycles. The maximum Gasteiger partial charge on any atom is 0.192 e. The summed E-state index contributed by atoms with van der Waals surface area (Å²) in [5.74, 6) is 1.03. The van der Waals surface area contributed by atoms with Gasteiger partial charge in [-0.15, -0.1) is 0 Å². The van der Waals surface area contributed by atoms with Crippen LogP contribution < -0.4 is 0 Å². The molecule has 0 saturated heterocycles. The predicted octanol–water partition coefficient (Wildman–Crippen LogP) is 4.40. The summed E-state index contributed by atoms with van der Waals surface area (Å²) in [6.45, 7) is 16.7. The molecule has 0 N–H and O–H groups in total. The third kappa shape index (κ3) is 2.04. The zero-order valence-electron chi connectivity index (χ0n) is 13.7. The van der Waals surface area contributed by atoms with E-state index >= 15 is 0 Å². The van der Waals surface area contributed by atoms with Crippen molar-refractivity contribution in [3.05, 3.63) is 0 Å². The van der Waals surface area contributed by atoms with Crippen LogP contribution in [-0.4, -0.2) is 20.7 Å². The van der Waals surface area contributed by atoms with Gasteiger partial charge in [0.1, 0.15) is 5.78 Å². The number of ketones is 1. The molecule has 110 valence electrons. The fraction of sp³-hybridized carbons (Fsp3) is 0.938. The van der Waals surface area contributed by atoms with Gasteiger partial charge >= 0.3 is 0 Å². The minimum atomic E-state index is -1.72. The summed E-state index contributed by atoms with van der Waals surface area (Å²) >= 11 is 0. The summed E-state index contributed by atoms with van der Waals surface area (Å²) in [6, 6.07) is 0. The van der Waals surface area contributed by atoms with Crippen molar-refractivity contribution >= 4 is 14.1 Å². The van der Waals surface area contributed by atoms with Gasteiger partial charge in [-0.2, -0.15) is 0 Å². The van der Waals surface area contributed by atoms with E-state index in [4.69, 9.17) is 4.43 Å². The molecule has 0 aromatic carbocycles. The van der Waals surface area contributed by atoms with E-state index in [1.165, 1.54) is 6.42 Å². The Morgan fingerprint density at radius 2 is 1.89 bits per heavy atom. The van der Waals surface area contributed by atoms with Gasteiger partial charge in [-0.25, -0.2) is 0 Å². The zero-order chi connectivity index (χ0) is 14.7. The molecule has 0 aromatic rings. The highest BCUT2D eigenvalue weighted by molar-refractivity contribution is 6.74. The second-order valence-electron chi connectivity index (χ2n) is 8.66. The van der Waals surface area contributed by atoms with E-state index in [-0.39, 0.29) is 15.9 Å². The first-order valence-electron chi connectivity index (χ1n) is 7.61. The second-order valence-corrected chi connectivity index (χ2v) is 13.5. The number of carbonyl (C=O) groups excluding carboxylic acids is 1. The van der Waals surface area contributed by atoms with E-state index in [0.29, 0.717) is 11.7 Å². The quantitative estimate of drug-likeness (QED) is 0.717. The number of carbonyl (C=O) groups is 1. The van der Waals surface area contributed by atoms with Crippen LogP contribution in [-0.2, 0) is 9.22 Å². The van der Waals surface area contributed by atoms with Crippen molar-refractivity contribution in [3.8, 4) is 0 Å². The smallest absolute Gasteiger partial charge is 0.192 e. The molecule has 3 heteroatoms. The summed E-state index contributed by atoms with van der Waals surface area (Å²) in [5, 5.41) is 0.242. The third-order valence-corrected chi connectivity index (χ3v) is 11.2. The number of fused-ring (bicyclic) bond motifs is 2. The first kappa shape index (κ1) is 15.2. The zero-order valence-corrected chi connectivity index (χ0v) is 14.7. The lowest BCUT2D eigenvalue weighted by Crippen LogP contribution is -2.46. The molecule has 2 saturated carbocycles. The Labute approximate surface area is 119 Å². The number of hydrogen-bond donors (Lipinski definition) is 0. The highest BCUT2D eigenvalue weighted by Gasteiger charge is 2.64. The van der Waals surface area contributed by atoms with Crippen molar-refractivity contribution in [2.24, 2.45) is 16.7 Å². The van der Waals surface area contributed by atoms with Crippen LogP contribution in [0.1, 0.15) is 53.9 Å². The normalized spacial score (nSPS) is 39.1. The van der Waals surface area contributed by atoms with Gasteiger partial charge in [-0.05, 0) is 36.9 Å². The van der Waals surface area contributed by atoms with Crippen LogP contribution in [0.5, 0.6) is 0 Å². The summed E-state index contributed by atoms with van der Waals surface area (Å²) in [6.07, 6.45) is 3.06. The molecular formula is C16H30O2Si. The van der Waals surface area contributed by atoms with Crippen LogP contribution in [0.2, 0.25) is 18.1 Å². The largest absolute Gasteiger partial charge is 0.416 e. The van der Waals surface area contributed by atoms with E-state index in [9.17, 15) is 4.79 Å². The lowest BCUT2D eigenvalue weighted by Gasteiger charge is -2.42. The Kier molecular flexibility index (Phi) is 3.35. The minimum Gasteiger partial charge on any atom is -0.416 e. The number of rotatable bonds is 3. The average molecular weight is 282 g/mol. The van der Waals surface area contributed by atoms with Gasteiger partial charge in [0, 0.05) is 23.9 Å². The van der Waals surface area contributed by atoms with Crippen LogP contribution in [0.15, 0.2) is 0 Å². The maximum atomic E-state index is 12.3. The fourth-order valence-corrected chi connectivity index (χ4v) is 4.67. The Morgan fingerprint density at radius 3 is 2.26 bits per heavy atom. The summed E-state index contributed by atoms with van der Waals surface area (Å²) in [7, 11) is -1.72. The van der Waals surface area contributed by atoms with E-state index in [2.05, 4.69) is 47.7 Å². The summed E-state index contributed by atoms with van der Waals surface area (Å²) in [4.78, 5) is 12.3. The molecule has 0 radical (unpaired) electrons. The molecule has 2 rings (SSSR count). The molecule has 2 aliphatic carbocycles. The summed E-state index contributed by atoms with van der Waals surface area (Å²) < 4.78 is 6.46. The molecule has 0 heterocycles.